The molecular formula is C19H21BrO6. The highest BCUT2D eigenvalue weighted by Gasteiger charge is 2.34. The number of aliphatic hydroxyl groups excluding tert-OH is 1. The molecule has 1 unspecified atom stereocenters. The summed E-state index contributed by atoms with van der Waals surface area (Å²) in [7, 11) is 6.31. The van der Waals surface area contributed by atoms with Gasteiger partial charge in [-0.1, -0.05) is 6.07 Å². The Morgan fingerprint density at radius 1 is 0.923 bits per heavy atom. The zero-order chi connectivity index (χ0) is 18.8. The van der Waals surface area contributed by atoms with Crippen LogP contribution < -0.4 is 23.7 Å². The largest absolute Gasteiger partial charge is 0.496 e. The molecule has 6 nitrogen and oxygen atoms in total. The van der Waals surface area contributed by atoms with Crippen LogP contribution in [-0.2, 0) is 6.42 Å². The summed E-state index contributed by atoms with van der Waals surface area (Å²) in [5.41, 5.74) is 1.58. The van der Waals surface area contributed by atoms with E-state index in [1.807, 2.05) is 12.1 Å². The van der Waals surface area contributed by atoms with Gasteiger partial charge in [0.25, 0.3) is 0 Å². The van der Waals surface area contributed by atoms with Gasteiger partial charge in [-0.2, -0.15) is 0 Å². The van der Waals surface area contributed by atoms with Crippen molar-refractivity contribution in [3.8, 4) is 28.7 Å². The lowest BCUT2D eigenvalue weighted by Crippen LogP contribution is -2.31. The van der Waals surface area contributed by atoms with Crippen LogP contribution in [0, 0.1) is 0 Å². The van der Waals surface area contributed by atoms with Crippen molar-refractivity contribution in [2.45, 2.75) is 18.6 Å². The van der Waals surface area contributed by atoms with Crippen LogP contribution in [0.5, 0.6) is 28.7 Å². The van der Waals surface area contributed by atoms with Crippen LogP contribution in [0.3, 0.4) is 0 Å². The van der Waals surface area contributed by atoms with Gasteiger partial charge in [0.05, 0.1) is 34.5 Å². The van der Waals surface area contributed by atoms with Crippen molar-refractivity contribution < 1.29 is 28.8 Å². The minimum Gasteiger partial charge on any atom is -0.496 e. The number of ether oxygens (including phenoxy) is 5. The highest BCUT2D eigenvalue weighted by atomic mass is 79.9. The first-order chi connectivity index (χ1) is 12.5. The topological polar surface area (TPSA) is 66.4 Å². The number of hydrogen-bond acceptors (Lipinski definition) is 6. The molecule has 26 heavy (non-hydrogen) atoms. The quantitative estimate of drug-likeness (QED) is 0.791. The molecule has 7 heteroatoms. The lowest BCUT2D eigenvalue weighted by molar-refractivity contribution is 0.0190. The van der Waals surface area contributed by atoms with Crippen LogP contribution in [0.25, 0.3) is 0 Å². The first-order valence-electron chi connectivity index (χ1n) is 8.04. The molecule has 2 aromatic carbocycles. The molecule has 0 bridgehead atoms. The standard InChI is InChI=1S/C19H21BrO6/c1-22-13-6-5-10(7-15(13)24-3)18-12(21)8-11-14(23-2)9-16(25-4)17(20)19(11)26-18/h5-7,9,12,18,21H,8H2,1-4H3/t12-,18?/m0/s1. The molecule has 2 atom stereocenters. The highest BCUT2D eigenvalue weighted by Crippen LogP contribution is 2.48. The van der Waals surface area contributed by atoms with E-state index in [9.17, 15) is 5.11 Å². The summed E-state index contributed by atoms with van der Waals surface area (Å²) >= 11 is 3.53. The Hall–Kier alpha value is -2.12. The molecule has 1 aliphatic heterocycles. The van der Waals surface area contributed by atoms with E-state index < -0.39 is 12.2 Å². The van der Waals surface area contributed by atoms with Crippen molar-refractivity contribution in [1.29, 1.82) is 0 Å². The lowest BCUT2D eigenvalue weighted by Gasteiger charge is -2.33. The van der Waals surface area contributed by atoms with Crippen molar-refractivity contribution in [2.75, 3.05) is 28.4 Å². The van der Waals surface area contributed by atoms with E-state index in [0.29, 0.717) is 39.6 Å². The second kappa shape index (κ2) is 7.63. The van der Waals surface area contributed by atoms with Gasteiger partial charge in [0.1, 0.15) is 21.7 Å². The molecular weight excluding hydrogens is 404 g/mol. The molecule has 0 aromatic heterocycles. The number of hydrogen-bond donors (Lipinski definition) is 1. The van der Waals surface area contributed by atoms with Gasteiger partial charge in [-0.15, -0.1) is 0 Å². The Bertz CT molecular complexity index is 807. The summed E-state index contributed by atoms with van der Waals surface area (Å²) in [6.07, 6.45) is -0.912. The number of rotatable bonds is 5. The number of methoxy groups -OCH3 is 4. The number of aliphatic hydroxyl groups is 1. The molecule has 0 saturated carbocycles. The molecule has 0 amide bonds. The molecule has 0 fully saturated rings. The molecule has 0 aliphatic carbocycles. The zero-order valence-corrected chi connectivity index (χ0v) is 16.6. The highest BCUT2D eigenvalue weighted by molar-refractivity contribution is 9.10. The van der Waals surface area contributed by atoms with Gasteiger partial charge in [0, 0.05) is 18.1 Å². The molecule has 3 rings (SSSR count). The molecule has 0 saturated heterocycles. The van der Waals surface area contributed by atoms with E-state index in [0.717, 1.165) is 11.1 Å². The summed E-state index contributed by atoms with van der Waals surface area (Å²) in [4.78, 5) is 0. The van der Waals surface area contributed by atoms with Crippen molar-refractivity contribution >= 4 is 15.9 Å². The van der Waals surface area contributed by atoms with Crippen molar-refractivity contribution in [1.82, 2.24) is 0 Å². The van der Waals surface area contributed by atoms with Crippen LogP contribution in [0.4, 0.5) is 0 Å². The average molecular weight is 425 g/mol. The van der Waals surface area contributed by atoms with Gasteiger partial charge in [0.15, 0.2) is 17.6 Å². The summed E-state index contributed by atoms with van der Waals surface area (Å²) in [5, 5.41) is 10.7. The van der Waals surface area contributed by atoms with E-state index in [-0.39, 0.29) is 0 Å². The minimum absolute atomic E-state index is 0.389. The second-order valence-electron chi connectivity index (χ2n) is 5.83. The third-order valence-corrected chi connectivity index (χ3v) is 5.18. The van der Waals surface area contributed by atoms with Gasteiger partial charge < -0.3 is 28.8 Å². The van der Waals surface area contributed by atoms with E-state index in [2.05, 4.69) is 15.9 Å². The van der Waals surface area contributed by atoms with Crippen LogP contribution in [-0.4, -0.2) is 39.6 Å². The Morgan fingerprint density at radius 3 is 2.19 bits per heavy atom. The normalized spacial score (nSPS) is 18.5. The Kier molecular flexibility index (Phi) is 5.48. The molecule has 1 N–H and O–H groups in total. The fourth-order valence-electron chi connectivity index (χ4n) is 3.11. The molecule has 0 spiro atoms. The van der Waals surface area contributed by atoms with Gasteiger partial charge in [-0.25, -0.2) is 0 Å². The average Bonchev–Trinajstić information content (AvgIpc) is 2.67. The number of fused-ring (bicyclic) bond motifs is 1. The monoisotopic (exact) mass is 424 g/mol. The fourth-order valence-corrected chi connectivity index (χ4v) is 3.72. The van der Waals surface area contributed by atoms with E-state index >= 15 is 0 Å². The third-order valence-electron chi connectivity index (χ3n) is 4.43. The first kappa shape index (κ1) is 18.7. The molecule has 1 heterocycles. The van der Waals surface area contributed by atoms with Crippen molar-refractivity contribution in [3.05, 3.63) is 39.9 Å². The smallest absolute Gasteiger partial charge is 0.161 e. The molecule has 1 aliphatic rings. The maximum atomic E-state index is 10.7. The summed E-state index contributed by atoms with van der Waals surface area (Å²) in [6, 6.07) is 7.23. The third kappa shape index (κ3) is 3.17. The lowest BCUT2D eigenvalue weighted by atomic mass is 9.94. The van der Waals surface area contributed by atoms with Crippen molar-refractivity contribution in [2.24, 2.45) is 0 Å². The fraction of sp³-hybridized carbons (Fsp3) is 0.368. The summed E-state index contributed by atoms with van der Waals surface area (Å²) in [5.74, 6) is 3.01. The minimum atomic E-state index is -0.741. The Morgan fingerprint density at radius 2 is 1.58 bits per heavy atom. The maximum absolute atomic E-state index is 10.7. The summed E-state index contributed by atoms with van der Waals surface area (Å²) < 4.78 is 28.3. The Balaban J connectivity index is 2.04. The SMILES string of the molecule is COc1ccc(C2Oc3c(Br)c(OC)cc(OC)c3C[C@@H]2O)cc1OC. The van der Waals surface area contributed by atoms with Gasteiger partial charge in [0.2, 0.25) is 0 Å². The van der Waals surface area contributed by atoms with Crippen LogP contribution in [0.1, 0.15) is 17.2 Å². The molecule has 140 valence electrons. The second-order valence-corrected chi connectivity index (χ2v) is 6.62. The number of halogens is 1. The number of benzene rings is 2. The van der Waals surface area contributed by atoms with Crippen LogP contribution in [0.2, 0.25) is 0 Å². The van der Waals surface area contributed by atoms with E-state index in [1.54, 1.807) is 40.6 Å². The van der Waals surface area contributed by atoms with Gasteiger partial charge in [-0.05, 0) is 33.6 Å². The van der Waals surface area contributed by atoms with Crippen LogP contribution in [0.15, 0.2) is 28.7 Å². The predicted octanol–water partition coefficient (Wildman–Crippen LogP) is 3.52. The van der Waals surface area contributed by atoms with Crippen LogP contribution >= 0.6 is 15.9 Å². The zero-order valence-electron chi connectivity index (χ0n) is 15.0. The molecule has 0 radical (unpaired) electrons. The Labute approximate surface area is 160 Å². The van der Waals surface area contributed by atoms with Gasteiger partial charge >= 0.3 is 0 Å². The molecule has 2 aromatic rings. The van der Waals surface area contributed by atoms with Gasteiger partial charge in [-0.3, -0.25) is 0 Å². The maximum Gasteiger partial charge on any atom is 0.161 e. The predicted molar refractivity (Wildman–Crippen MR) is 99.9 cm³/mol. The van der Waals surface area contributed by atoms with E-state index in [1.165, 1.54) is 0 Å². The first-order valence-corrected chi connectivity index (χ1v) is 8.83. The van der Waals surface area contributed by atoms with Crippen molar-refractivity contribution in [3.63, 3.8) is 0 Å². The van der Waals surface area contributed by atoms with E-state index in [4.69, 9.17) is 23.7 Å². The summed E-state index contributed by atoms with van der Waals surface area (Å²) in [6.45, 7) is 0.